The molecule has 1 fully saturated rings. The van der Waals surface area contributed by atoms with Crippen molar-refractivity contribution in [3.8, 4) is 0 Å². The Hall–Kier alpha value is -1.05. The van der Waals surface area contributed by atoms with E-state index in [0.717, 1.165) is 25.4 Å². The monoisotopic (exact) mass is 337 g/mol. The second-order valence-electron chi connectivity index (χ2n) is 5.38. The van der Waals surface area contributed by atoms with E-state index in [0.29, 0.717) is 31.9 Å². The maximum absolute atomic E-state index is 12.6. The molecule has 1 atom stereocenters. The van der Waals surface area contributed by atoms with Crippen LogP contribution in [0.5, 0.6) is 0 Å². The number of aliphatic hydroxyl groups excluding tert-OH is 1. The lowest BCUT2D eigenvalue weighted by molar-refractivity contribution is -0.137. The molecule has 0 aliphatic carbocycles. The SMILES string of the molecule is CCC(O)CN1CCN(c2ncc(C(F)(F)F)cc2Cl)CC1. The van der Waals surface area contributed by atoms with E-state index < -0.39 is 11.7 Å². The van der Waals surface area contributed by atoms with Gasteiger partial charge in [-0.2, -0.15) is 13.2 Å². The quantitative estimate of drug-likeness (QED) is 0.917. The Kier molecular flexibility index (Phi) is 5.52. The number of aliphatic hydroxyl groups is 1. The minimum Gasteiger partial charge on any atom is -0.392 e. The predicted octanol–water partition coefficient (Wildman–Crippen LogP) is 2.65. The first-order valence-electron chi connectivity index (χ1n) is 7.19. The summed E-state index contributed by atoms with van der Waals surface area (Å²) in [4.78, 5) is 7.88. The zero-order chi connectivity index (χ0) is 16.3. The molecular weight excluding hydrogens is 319 g/mol. The van der Waals surface area contributed by atoms with E-state index in [2.05, 4.69) is 9.88 Å². The molecule has 1 saturated heterocycles. The molecule has 1 aromatic heterocycles. The number of β-amino-alcohol motifs (C(OH)–C–C–N with tert-alkyl or cyclic N) is 1. The molecule has 0 aromatic carbocycles. The second-order valence-corrected chi connectivity index (χ2v) is 5.78. The van der Waals surface area contributed by atoms with Crippen LogP contribution in [0, 0.1) is 0 Å². The van der Waals surface area contributed by atoms with Crippen molar-refractivity contribution in [2.45, 2.75) is 25.6 Å². The van der Waals surface area contributed by atoms with E-state index in [1.165, 1.54) is 0 Å². The van der Waals surface area contributed by atoms with Gasteiger partial charge in [-0.1, -0.05) is 18.5 Å². The summed E-state index contributed by atoms with van der Waals surface area (Å²) >= 11 is 5.95. The molecule has 1 aromatic rings. The van der Waals surface area contributed by atoms with Crippen molar-refractivity contribution >= 4 is 17.4 Å². The van der Waals surface area contributed by atoms with Gasteiger partial charge in [0.15, 0.2) is 0 Å². The lowest BCUT2D eigenvalue weighted by atomic mass is 10.2. The van der Waals surface area contributed by atoms with Gasteiger partial charge in [0.05, 0.1) is 16.7 Å². The number of alkyl halides is 3. The van der Waals surface area contributed by atoms with Crippen LogP contribution in [0.3, 0.4) is 0 Å². The normalized spacial score (nSPS) is 18.5. The summed E-state index contributed by atoms with van der Waals surface area (Å²) in [5, 5.41) is 9.66. The zero-order valence-corrected chi connectivity index (χ0v) is 13.0. The van der Waals surface area contributed by atoms with Gasteiger partial charge in [-0.3, -0.25) is 4.90 Å². The molecule has 0 radical (unpaired) electrons. The van der Waals surface area contributed by atoms with Crippen LogP contribution in [0.1, 0.15) is 18.9 Å². The average Bonchev–Trinajstić information content (AvgIpc) is 2.47. The molecule has 0 saturated carbocycles. The van der Waals surface area contributed by atoms with E-state index in [9.17, 15) is 18.3 Å². The van der Waals surface area contributed by atoms with Crippen molar-refractivity contribution in [2.24, 2.45) is 0 Å². The first-order chi connectivity index (χ1) is 10.3. The van der Waals surface area contributed by atoms with Gasteiger partial charge >= 0.3 is 6.18 Å². The van der Waals surface area contributed by atoms with E-state index in [1.807, 2.05) is 11.8 Å². The third-order valence-electron chi connectivity index (χ3n) is 3.76. The maximum Gasteiger partial charge on any atom is 0.417 e. The Bertz CT molecular complexity index is 505. The molecule has 1 aliphatic rings. The molecule has 2 rings (SSSR count). The van der Waals surface area contributed by atoms with Gasteiger partial charge in [-0.25, -0.2) is 4.98 Å². The smallest absolute Gasteiger partial charge is 0.392 e. The molecule has 0 spiro atoms. The van der Waals surface area contributed by atoms with E-state index >= 15 is 0 Å². The molecule has 2 heterocycles. The van der Waals surface area contributed by atoms with Crippen LogP contribution in [0.25, 0.3) is 0 Å². The highest BCUT2D eigenvalue weighted by atomic mass is 35.5. The van der Waals surface area contributed by atoms with Crippen LogP contribution < -0.4 is 4.90 Å². The van der Waals surface area contributed by atoms with Gasteiger partial charge in [0, 0.05) is 38.9 Å². The van der Waals surface area contributed by atoms with Crippen LogP contribution in [0.2, 0.25) is 5.02 Å². The van der Waals surface area contributed by atoms with Crippen LogP contribution in [-0.2, 0) is 6.18 Å². The maximum atomic E-state index is 12.6. The highest BCUT2D eigenvalue weighted by Crippen LogP contribution is 2.33. The Balaban J connectivity index is 2.00. The summed E-state index contributed by atoms with van der Waals surface area (Å²) in [7, 11) is 0. The van der Waals surface area contributed by atoms with Crippen molar-refractivity contribution in [2.75, 3.05) is 37.6 Å². The summed E-state index contributed by atoms with van der Waals surface area (Å²) in [6.07, 6.45) is -3.27. The third kappa shape index (κ3) is 4.24. The van der Waals surface area contributed by atoms with Crippen LogP contribution in [0.15, 0.2) is 12.3 Å². The lowest BCUT2D eigenvalue weighted by Gasteiger charge is -2.36. The average molecular weight is 338 g/mol. The number of rotatable bonds is 4. The second kappa shape index (κ2) is 7.02. The Morgan fingerprint density at radius 2 is 1.95 bits per heavy atom. The largest absolute Gasteiger partial charge is 0.417 e. The number of hydrogen-bond donors (Lipinski definition) is 1. The molecule has 124 valence electrons. The number of halogens is 4. The number of hydrogen-bond acceptors (Lipinski definition) is 4. The van der Waals surface area contributed by atoms with Gasteiger partial charge in [0.1, 0.15) is 5.82 Å². The fourth-order valence-electron chi connectivity index (χ4n) is 2.39. The summed E-state index contributed by atoms with van der Waals surface area (Å²) in [5.41, 5.74) is -0.842. The standard InChI is InChI=1S/C14H19ClF3N3O/c1-2-11(22)9-20-3-5-21(6-4-20)13-12(15)7-10(8-19-13)14(16,17)18/h7-8,11,22H,2-6,9H2,1H3. The number of anilines is 1. The topological polar surface area (TPSA) is 39.6 Å². The van der Waals surface area contributed by atoms with Crippen LogP contribution in [0.4, 0.5) is 19.0 Å². The van der Waals surface area contributed by atoms with Crippen molar-refractivity contribution in [3.05, 3.63) is 22.8 Å². The van der Waals surface area contributed by atoms with Crippen molar-refractivity contribution in [1.82, 2.24) is 9.88 Å². The minimum atomic E-state index is -4.44. The fraction of sp³-hybridized carbons (Fsp3) is 0.643. The minimum absolute atomic E-state index is 0.0110. The van der Waals surface area contributed by atoms with Gasteiger partial charge in [0.25, 0.3) is 0 Å². The van der Waals surface area contributed by atoms with Gasteiger partial charge < -0.3 is 10.0 Å². The molecule has 22 heavy (non-hydrogen) atoms. The summed E-state index contributed by atoms with van der Waals surface area (Å²) in [6, 6.07) is 0.914. The Labute approximate surface area is 132 Å². The van der Waals surface area contributed by atoms with Crippen LogP contribution in [-0.4, -0.2) is 53.8 Å². The molecule has 1 N–H and O–H groups in total. The van der Waals surface area contributed by atoms with E-state index in [4.69, 9.17) is 11.6 Å². The lowest BCUT2D eigenvalue weighted by Crippen LogP contribution is -2.48. The first kappa shape index (κ1) is 17.3. The third-order valence-corrected chi connectivity index (χ3v) is 4.04. The fourth-order valence-corrected chi connectivity index (χ4v) is 2.67. The zero-order valence-electron chi connectivity index (χ0n) is 12.3. The summed E-state index contributed by atoms with van der Waals surface area (Å²) in [5.74, 6) is 0.380. The van der Waals surface area contributed by atoms with Gasteiger partial charge in [-0.05, 0) is 12.5 Å². The predicted molar refractivity (Wildman–Crippen MR) is 79.2 cm³/mol. The summed E-state index contributed by atoms with van der Waals surface area (Å²) in [6.45, 7) is 5.21. The number of piperazine rings is 1. The molecule has 8 heteroatoms. The van der Waals surface area contributed by atoms with Gasteiger partial charge in [0.2, 0.25) is 0 Å². The summed E-state index contributed by atoms with van der Waals surface area (Å²) < 4.78 is 37.8. The highest BCUT2D eigenvalue weighted by molar-refractivity contribution is 6.33. The van der Waals surface area contributed by atoms with Crippen molar-refractivity contribution in [1.29, 1.82) is 0 Å². The molecule has 0 amide bonds. The number of pyridine rings is 1. The van der Waals surface area contributed by atoms with E-state index in [1.54, 1.807) is 0 Å². The highest BCUT2D eigenvalue weighted by Gasteiger charge is 2.32. The Morgan fingerprint density at radius 1 is 1.32 bits per heavy atom. The van der Waals surface area contributed by atoms with Crippen LogP contribution >= 0.6 is 11.6 Å². The molecule has 4 nitrogen and oxygen atoms in total. The molecular formula is C14H19ClF3N3O. The van der Waals surface area contributed by atoms with Crippen molar-refractivity contribution in [3.63, 3.8) is 0 Å². The number of nitrogens with zero attached hydrogens (tertiary/aromatic N) is 3. The molecule has 1 aliphatic heterocycles. The van der Waals surface area contributed by atoms with E-state index in [-0.39, 0.29) is 11.1 Å². The molecule has 1 unspecified atom stereocenters. The van der Waals surface area contributed by atoms with Crippen molar-refractivity contribution < 1.29 is 18.3 Å². The van der Waals surface area contributed by atoms with Gasteiger partial charge in [-0.15, -0.1) is 0 Å². The number of aromatic nitrogens is 1. The Morgan fingerprint density at radius 3 is 2.45 bits per heavy atom. The molecule has 0 bridgehead atoms. The first-order valence-corrected chi connectivity index (χ1v) is 7.57.